The van der Waals surface area contributed by atoms with Crippen molar-refractivity contribution in [2.75, 3.05) is 59.5 Å². The summed E-state index contributed by atoms with van der Waals surface area (Å²) < 4.78 is 39.8. The average Bonchev–Trinajstić information content (AvgIpc) is 3.29. The van der Waals surface area contributed by atoms with Crippen LogP contribution in [-0.2, 0) is 29.1 Å². The van der Waals surface area contributed by atoms with Gasteiger partial charge in [0.2, 0.25) is 15.9 Å². The Kier molecular flexibility index (Phi) is 15.7. The van der Waals surface area contributed by atoms with Crippen molar-refractivity contribution in [3.05, 3.63) is 53.6 Å². The van der Waals surface area contributed by atoms with Gasteiger partial charge in [-0.25, -0.2) is 13.4 Å². The van der Waals surface area contributed by atoms with Crippen molar-refractivity contribution >= 4 is 39.5 Å². The molecule has 2 aliphatic rings. The number of ether oxygens (including phenoxy) is 2. The lowest BCUT2D eigenvalue weighted by molar-refractivity contribution is -0.169. The standard InChI is InChI=1S/C44H67N5O7S/c1-10-20-48(22-13-21-47(9)23-18-43(6,7)55-24-19-44(8,11-2)41(52)56-42(3,4)5)40(51)36-25-35-17-16-34(27-38(35)46-39(45)28-36)33-14-12-15-37(26-33)57(53,54)49-29-32(30-49)31-50/h12,14-17,25-27,32,50H,10-11,13,18-24,28-31H2,1-9H3,(H2,45,46). The lowest BCUT2D eigenvalue weighted by atomic mass is 9.84. The zero-order chi connectivity index (χ0) is 42.2. The number of aliphatic hydroxyl groups is 1. The quantitative estimate of drug-likeness (QED) is 0.140. The van der Waals surface area contributed by atoms with E-state index in [1.54, 1.807) is 18.2 Å². The number of nitrogens with zero attached hydrogens (tertiary/aromatic N) is 4. The molecule has 4 rings (SSSR count). The maximum absolute atomic E-state index is 14.0. The van der Waals surface area contributed by atoms with Crippen LogP contribution in [0.15, 0.2) is 57.9 Å². The molecule has 1 amide bonds. The number of nitrogens with two attached hydrogens (primary N) is 1. The molecule has 12 nitrogen and oxygen atoms in total. The summed E-state index contributed by atoms with van der Waals surface area (Å²) in [4.78, 5) is 35.9. The zero-order valence-electron chi connectivity index (χ0n) is 35.8. The third-order valence-corrected chi connectivity index (χ3v) is 12.7. The molecule has 57 heavy (non-hydrogen) atoms. The van der Waals surface area contributed by atoms with Crippen molar-refractivity contribution in [1.29, 1.82) is 0 Å². The molecule has 2 aromatic carbocycles. The fourth-order valence-electron chi connectivity index (χ4n) is 6.87. The van der Waals surface area contributed by atoms with Crippen LogP contribution in [0.3, 0.4) is 0 Å². The van der Waals surface area contributed by atoms with E-state index >= 15 is 0 Å². The molecular formula is C44H67N5O7S. The second-order valence-corrected chi connectivity index (χ2v) is 19.5. The summed E-state index contributed by atoms with van der Waals surface area (Å²) in [6.45, 7) is 19.8. The minimum Gasteiger partial charge on any atom is -0.460 e. The minimum atomic E-state index is -3.67. The largest absolute Gasteiger partial charge is 0.460 e. The number of benzene rings is 2. The molecule has 2 aromatic rings. The summed E-state index contributed by atoms with van der Waals surface area (Å²) in [5.41, 5.74) is 8.39. The van der Waals surface area contributed by atoms with E-state index < -0.39 is 21.0 Å². The van der Waals surface area contributed by atoms with Crippen molar-refractivity contribution in [3.8, 4) is 11.1 Å². The van der Waals surface area contributed by atoms with Crippen LogP contribution in [0.2, 0.25) is 0 Å². The molecule has 0 aromatic heterocycles. The van der Waals surface area contributed by atoms with Crippen molar-refractivity contribution in [3.63, 3.8) is 0 Å². The molecule has 3 N–H and O–H groups in total. The highest BCUT2D eigenvalue weighted by Gasteiger charge is 2.37. The van der Waals surface area contributed by atoms with Gasteiger partial charge in [-0.1, -0.05) is 38.1 Å². The zero-order valence-corrected chi connectivity index (χ0v) is 36.6. The molecule has 2 aliphatic heterocycles. The molecule has 1 fully saturated rings. The van der Waals surface area contributed by atoms with E-state index in [4.69, 9.17) is 15.2 Å². The van der Waals surface area contributed by atoms with Crippen LogP contribution >= 0.6 is 0 Å². The Morgan fingerprint density at radius 1 is 0.965 bits per heavy atom. The second kappa shape index (κ2) is 19.4. The number of amidine groups is 1. The molecule has 316 valence electrons. The summed E-state index contributed by atoms with van der Waals surface area (Å²) in [6.07, 6.45) is 5.82. The smallest absolute Gasteiger partial charge is 0.312 e. The molecule has 13 heteroatoms. The van der Waals surface area contributed by atoms with Gasteiger partial charge in [0.25, 0.3) is 0 Å². The van der Waals surface area contributed by atoms with Gasteiger partial charge in [0.15, 0.2) is 0 Å². The van der Waals surface area contributed by atoms with Crippen LogP contribution < -0.4 is 5.73 Å². The van der Waals surface area contributed by atoms with E-state index in [0.29, 0.717) is 62.7 Å². The van der Waals surface area contributed by atoms with Crippen LogP contribution in [0.5, 0.6) is 0 Å². The summed E-state index contributed by atoms with van der Waals surface area (Å²) >= 11 is 0. The Labute approximate surface area is 341 Å². The first-order chi connectivity index (χ1) is 26.7. The lowest BCUT2D eigenvalue weighted by Crippen LogP contribution is -2.51. The highest BCUT2D eigenvalue weighted by molar-refractivity contribution is 7.89. The first-order valence-electron chi connectivity index (χ1n) is 20.4. The second-order valence-electron chi connectivity index (χ2n) is 17.6. The Bertz CT molecular complexity index is 1880. The fourth-order valence-corrected chi connectivity index (χ4v) is 8.51. The Morgan fingerprint density at radius 3 is 2.32 bits per heavy atom. The van der Waals surface area contributed by atoms with Gasteiger partial charge in [-0.2, -0.15) is 4.31 Å². The van der Waals surface area contributed by atoms with Gasteiger partial charge in [0.05, 0.1) is 21.6 Å². The van der Waals surface area contributed by atoms with Crippen molar-refractivity contribution in [2.45, 2.75) is 110 Å². The van der Waals surface area contributed by atoms with Crippen LogP contribution in [0.1, 0.15) is 99.5 Å². The lowest BCUT2D eigenvalue weighted by Gasteiger charge is -2.36. The van der Waals surface area contributed by atoms with Gasteiger partial charge in [-0.3, -0.25) is 9.59 Å². The summed E-state index contributed by atoms with van der Waals surface area (Å²) in [5.74, 6) is 0.0721. The summed E-state index contributed by atoms with van der Waals surface area (Å²) in [7, 11) is -1.58. The van der Waals surface area contributed by atoms with Crippen LogP contribution in [-0.4, -0.2) is 116 Å². The van der Waals surface area contributed by atoms with E-state index in [0.717, 1.165) is 49.0 Å². The average molecular weight is 810 g/mol. The van der Waals surface area contributed by atoms with Gasteiger partial charge >= 0.3 is 5.97 Å². The van der Waals surface area contributed by atoms with Gasteiger partial charge < -0.3 is 30.1 Å². The van der Waals surface area contributed by atoms with Crippen LogP contribution in [0, 0.1) is 11.3 Å². The van der Waals surface area contributed by atoms with E-state index in [1.807, 2.05) is 69.9 Å². The van der Waals surface area contributed by atoms with Crippen molar-refractivity contribution in [1.82, 2.24) is 14.1 Å². The molecular weight excluding hydrogens is 743 g/mol. The first kappa shape index (κ1) is 46.1. The van der Waals surface area contributed by atoms with E-state index in [9.17, 15) is 23.1 Å². The molecule has 0 spiro atoms. The molecule has 0 aliphatic carbocycles. The molecule has 1 saturated heterocycles. The highest BCUT2D eigenvalue weighted by Crippen LogP contribution is 2.34. The third kappa shape index (κ3) is 12.7. The monoisotopic (exact) mass is 809 g/mol. The number of amides is 1. The van der Waals surface area contributed by atoms with E-state index in [1.165, 1.54) is 4.31 Å². The summed E-state index contributed by atoms with van der Waals surface area (Å²) in [5, 5.41) is 9.34. The number of esters is 1. The molecule has 2 heterocycles. The third-order valence-electron chi connectivity index (χ3n) is 10.9. The number of hydrogen-bond donors (Lipinski definition) is 2. The Balaban J connectivity index is 1.33. The Morgan fingerprint density at radius 2 is 1.67 bits per heavy atom. The van der Waals surface area contributed by atoms with Crippen LogP contribution in [0.4, 0.5) is 5.69 Å². The minimum absolute atomic E-state index is 0.0273. The number of sulfonamides is 1. The predicted molar refractivity (Wildman–Crippen MR) is 228 cm³/mol. The molecule has 1 unspecified atom stereocenters. The number of carbonyl (C=O) groups is 2. The summed E-state index contributed by atoms with van der Waals surface area (Å²) in [6, 6.07) is 12.5. The molecule has 0 saturated carbocycles. The number of aliphatic hydroxyl groups excluding tert-OH is 1. The number of hydrogen-bond acceptors (Lipinski definition) is 10. The SMILES string of the molecule is CCCN(CCCN(C)CCC(C)(C)OCCC(C)(CC)C(=O)OC(C)(C)C)C(=O)C1=Cc2ccc(-c3cccc(S(=O)(=O)N4CC(CO)C4)c3)cc2N=C(N)C1. The molecule has 1 atom stereocenters. The van der Waals surface area contributed by atoms with Crippen LogP contribution in [0.25, 0.3) is 17.2 Å². The van der Waals surface area contributed by atoms with Gasteiger partial charge in [0, 0.05) is 69.4 Å². The van der Waals surface area contributed by atoms with Gasteiger partial charge in [0.1, 0.15) is 11.4 Å². The maximum atomic E-state index is 14.0. The maximum Gasteiger partial charge on any atom is 0.312 e. The van der Waals surface area contributed by atoms with Crippen molar-refractivity contribution in [2.24, 2.45) is 22.1 Å². The number of carbonyl (C=O) groups excluding carboxylic acids is 2. The Hall–Kier alpha value is -3.62. The number of fused-ring (bicyclic) bond motifs is 1. The predicted octanol–water partition coefficient (Wildman–Crippen LogP) is 6.64. The number of aliphatic imine (C=N–C) groups is 1. The van der Waals surface area contributed by atoms with E-state index in [-0.39, 0.29) is 41.3 Å². The number of rotatable bonds is 20. The van der Waals surface area contributed by atoms with Gasteiger partial charge in [-0.05, 0) is 123 Å². The van der Waals surface area contributed by atoms with E-state index in [2.05, 4.69) is 37.7 Å². The van der Waals surface area contributed by atoms with Crippen molar-refractivity contribution < 1.29 is 32.6 Å². The fraction of sp³-hybridized carbons (Fsp3) is 0.614. The van der Waals surface area contributed by atoms with Gasteiger partial charge in [-0.15, -0.1) is 0 Å². The normalized spacial score (nSPS) is 16.5. The topological polar surface area (TPSA) is 155 Å². The highest BCUT2D eigenvalue weighted by atomic mass is 32.2. The molecule has 0 radical (unpaired) electrons. The molecule has 0 bridgehead atoms. The first-order valence-corrected chi connectivity index (χ1v) is 21.9.